The predicted octanol–water partition coefficient (Wildman–Crippen LogP) is 3.36. The van der Waals surface area contributed by atoms with Gasteiger partial charge in [-0.15, -0.1) is 0 Å². The molecular formula is C32H32N2O6. The molecule has 0 bridgehead atoms. The standard InChI is InChI=1S/C32H32N2O6/c35-31(23-5-9-25(10-6-23)33(13-27-17-37-27)14-28-18-38-28)21-1-2-22(4-3-21)32(36)24-7-11-26(12-8-24)34(15-29-19-39-29)16-30-20-40-30/h1-12,27-30H,13-20H2. The van der Waals surface area contributed by atoms with Gasteiger partial charge in [-0.1, -0.05) is 24.3 Å². The fourth-order valence-electron chi connectivity index (χ4n) is 5.00. The molecule has 0 amide bonds. The molecule has 0 aliphatic carbocycles. The molecule has 0 aromatic heterocycles. The Balaban J connectivity index is 0.996. The Kier molecular flexibility index (Phi) is 6.85. The first-order valence-corrected chi connectivity index (χ1v) is 13.9. The number of ketones is 2. The van der Waals surface area contributed by atoms with E-state index in [0.29, 0.717) is 22.3 Å². The molecule has 0 saturated carbocycles. The van der Waals surface area contributed by atoms with Crippen LogP contribution in [0.5, 0.6) is 0 Å². The first kappa shape index (κ1) is 25.4. The van der Waals surface area contributed by atoms with Crippen LogP contribution in [-0.4, -0.2) is 88.6 Å². The fourth-order valence-corrected chi connectivity index (χ4v) is 5.00. The van der Waals surface area contributed by atoms with Crippen molar-refractivity contribution in [3.05, 3.63) is 95.1 Å². The number of hydrogen-bond donors (Lipinski definition) is 0. The highest BCUT2D eigenvalue weighted by Gasteiger charge is 2.32. The minimum atomic E-state index is -0.0723. The zero-order valence-electron chi connectivity index (χ0n) is 22.2. The molecule has 0 spiro atoms. The van der Waals surface area contributed by atoms with Gasteiger partial charge in [0, 0.05) is 59.8 Å². The molecule has 8 heteroatoms. The zero-order valence-corrected chi connectivity index (χ0v) is 22.2. The monoisotopic (exact) mass is 540 g/mol. The third-order valence-corrected chi connectivity index (χ3v) is 7.70. The Morgan fingerprint density at radius 1 is 0.475 bits per heavy atom. The fraction of sp³-hybridized carbons (Fsp3) is 0.375. The first-order chi connectivity index (χ1) is 19.6. The smallest absolute Gasteiger partial charge is 0.193 e. The van der Waals surface area contributed by atoms with Crippen LogP contribution in [0.3, 0.4) is 0 Å². The summed E-state index contributed by atoms with van der Waals surface area (Å²) in [6, 6.07) is 22.3. The Hall–Kier alpha value is -3.56. The Labute approximate surface area is 233 Å². The van der Waals surface area contributed by atoms with E-state index in [4.69, 9.17) is 18.9 Å². The lowest BCUT2D eigenvalue weighted by molar-refractivity contribution is 0.102. The van der Waals surface area contributed by atoms with E-state index in [9.17, 15) is 9.59 Å². The highest BCUT2D eigenvalue weighted by molar-refractivity contribution is 6.11. The summed E-state index contributed by atoms with van der Waals surface area (Å²) in [6.45, 7) is 6.51. The molecule has 4 saturated heterocycles. The summed E-state index contributed by atoms with van der Waals surface area (Å²) in [5, 5.41) is 0. The van der Waals surface area contributed by atoms with Crippen LogP contribution in [0.1, 0.15) is 31.8 Å². The molecule has 0 radical (unpaired) electrons. The number of anilines is 2. The van der Waals surface area contributed by atoms with Gasteiger partial charge < -0.3 is 28.7 Å². The summed E-state index contributed by atoms with van der Waals surface area (Å²) >= 11 is 0. The van der Waals surface area contributed by atoms with E-state index in [-0.39, 0.29) is 36.0 Å². The van der Waals surface area contributed by atoms with Crippen LogP contribution < -0.4 is 9.80 Å². The summed E-state index contributed by atoms with van der Waals surface area (Å²) in [5.74, 6) is -0.145. The highest BCUT2D eigenvalue weighted by atomic mass is 16.6. The van der Waals surface area contributed by atoms with Crippen molar-refractivity contribution in [2.45, 2.75) is 24.4 Å². The maximum Gasteiger partial charge on any atom is 0.193 e. The van der Waals surface area contributed by atoms with Gasteiger partial charge in [-0.2, -0.15) is 0 Å². The van der Waals surface area contributed by atoms with Crippen LogP contribution in [-0.2, 0) is 18.9 Å². The molecule has 3 aromatic carbocycles. The molecule has 3 aromatic rings. The first-order valence-electron chi connectivity index (χ1n) is 13.9. The van der Waals surface area contributed by atoms with E-state index in [1.54, 1.807) is 24.3 Å². The molecular weight excluding hydrogens is 508 g/mol. The van der Waals surface area contributed by atoms with Crippen molar-refractivity contribution in [3.8, 4) is 0 Å². The number of nitrogens with zero attached hydrogens (tertiary/aromatic N) is 2. The Morgan fingerprint density at radius 2 is 0.700 bits per heavy atom. The van der Waals surface area contributed by atoms with E-state index in [2.05, 4.69) is 9.80 Å². The quantitative estimate of drug-likeness (QED) is 0.227. The van der Waals surface area contributed by atoms with Crippen LogP contribution in [0.15, 0.2) is 72.8 Å². The molecule has 7 rings (SSSR count). The summed E-state index contributed by atoms with van der Waals surface area (Å²) in [5.41, 5.74) is 4.44. The lowest BCUT2D eigenvalue weighted by Gasteiger charge is -2.23. The molecule has 40 heavy (non-hydrogen) atoms. The maximum absolute atomic E-state index is 13.2. The van der Waals surface area contributed by atoms with Gasteiger partial charge in [-0.25, -0.2) is 0 Å². The Morgan fingerprint density at radius 3 is 0.925 bits per heavy atom. The summed E-state index contributed by atoms with van der Waals surface area (Å²) < 4.78 is 21.6. The number of hydrogen-bond acceptors (Lipinski definition) is 8. The van der Waals surface area contributed by atoms with Gasteiger partial charge >= 0.3 is 0 Å². The average Bonchev–Trinajstić information content (AvgIpc) is 3.81. The van der Waals surface area contributed by atoms with Crippen LogP contribution in [0, 0.1) is 0 Å². The third kappa shape index (κ3) is 6.26. The van der Waals surface area contributed by atoms with Crippen molar-refractivity contribution in [1.29, 1.82) is 0 Å². The Bertz CT molecular complexity index is 1220. The minimum Gasteiger partial charge on any atom is -0.371 e. The van der Waals surface area contributed by atoms with Gasteiger partial charge in [0.15, 0.2) is 11.6 Å². The molecule has 4 fully saturated rings. The van der Waals surface area contributed by atoms with Crippen LogP contribution in [0.2, 0.25) is 0 Å². The van der Waals surface area contributed by atoms with Gasteiger partial charge in [0.25, 0.3) is 0 Å². The second kappa shape index (κ2) is 10.8. The van der Waals surface area contributed by atoms with Crippen molar-refractivity contribution < 1.29 is 28.5 Å². The number of epoxide rings is 4. The molecule has 206 valence electrons. The number of rotatable bonds is 14. The van der Waals surface area contributed by atoms with E-state index >= 15 is 0 Å². The van der Waals surface area contributed by atoms with E-state index in [0.717, 1.165) is 64.0 Å². The van der Waals surface area contributed by atoms with Gasteiger partial charge in [0.2, 0.25) is 0 Å². The van der Waals surface area contributed by atoms with Crippen molar-refractivity contribution in [2.75, 3.05) is 62.4 Å². The third-order valence-electron chi connectivity index (χ3n) is 7.70. The molecule has 0 N–H and O–H groups in total. The lowest BCUT2D eigenvalue weighted by atomic mass is 9.98. The number of benzene rings is 3. The normalized spacial score (nSPS) is 23.8. The summed E-state index contributed by atoms with van der Waals surface area (Å²) in [6.07, 6.45) is 1.11. The minimum absolute atomic E-state index is 0.0723. The van der Waals surface area contributed by atoms with Gasteiger partial charge in [0.05, 0.1) is 50.8 Å². The average molecular weight is 541 g/mol. The van der Waals surface area contributed by atoms with Gasteiger partial charge in [-0.3, -0.25) is 9.59 Å². The van der Waals surface area contributed by atoms with Gasteiger partial charge in [0.1, 0.15) is 0 Å². The lowest BCUT2D eigenvalue weighted by Crippen LogP contribution is -2.31. The van der Waals surface area contributed by atoms with Crippen molar-refractivity contribution in [1.82, 2.24) is 0 Å². The second-order valence-electron chi connectivity index (χ2n) is 11.0. The van der Waals surface area contributed by atoms with Crippen molar-refractivity contribution in [3.63, 3.8) is 0 Å². The van der Waals surface area contributed by atoms with Crippen molar-refractivity contribution >= 4 is 22.9 Å². The molecule has 8 nitrogen and oxygen atoms in total. The second-order valence-corrected chi connectivity index (χ2v) is 11.0. The summed E-state index contributed by atoms with van der Waals surface area (Å²) in [7, 11) is 0. The van der Waals surface area contributed by atoms with Crippen LogP contribution in [0.25, 0.3) is 0 Å². The van der Waals surface area contributed by atoms with Crippen LogP contribution in [0.4, 0.5) is 11.4 Å². The molecule has 4 unspecified atom stereocenters. The molecule has 4 heterocycles. The van der Waals surface area contributed by atoms with Crippen molar-refractivity contribution in [2.24, 2.45) is 0 Å². The molecule has 4 aliphatic rings. The molecule has 4 aliphatic heterocycles. The van der Waals surface area contributed by atoms with E-state index < -0.39 is 0 Å². The molecule has 4 atom stereocenters. The number of carbonyl (C=O) groups excluding carboxylic acids is 2. The largest absolute Gasteiger partial charge is 0.371 e. The van der Waals surface area contributed by atoms with Gasteiger partial charge in [-0.05, 0) is 48.5 Å². The zero-order chi connectivity index (χ0) is 27.1. The topological polar surface area (TPSA) is 90.7 Å². The number of ether oxygens (including phenoxy) is 4. The SMILES string of the molecule is O=C(c1ccc(C(=O)c2ccc(N(CC3CO3)CC3CO3)cc2)cc1)c1ccc(N(CC2CO2)CC2CO2)cc1. The predicted molar refractivity (Wildman–Crippen MR) is 150 cm³/mol. The summed E-state index contributed by atoms with van der Waals surface area (Å²) in [4.78, 5) is 30.8. The van der Waals surface area contributed by atoms with E-state index in [1.807, 2.05) is 48.5 Å². The number of carbonyl (C=O) groups is 2. The van der Waals surface area contributed by atoms with Crippen LogP contribution >= 0.6 is 0 Å². The van der Waals surface area contributed by atoms with E-state index in [1.165, 1.54) is 0 Å². The maximum atomic E-state index is 13.2. The highest BCUT2D eigenvalue weighted by Crippen LogP contribution is 2.25.